The molecule has 1 amide bonds. The molecule has 2 aromatic rings. The Bertz CT molecular complexity index is 827. The van der Waals surface area contributed by atoms with Crippen LogP contribution in [0.1, 0.15) is 34.3 Å². The van der Waals surface area contributed by atoms with E-state index in [-0.39, 0.29) is 11.4 Å². The summed E-state index contributed by atoms with van der Waals surface area (Å²) in [5, 5.41) is 3.06. The summed E-state index contributed by atoms with van der Waals surface area (Å²) in [4.78, 5) is 24.7. The number of hydrogen-bond donors (Lipinski definition) is 2. The van der Waals surface area contributed by atoms with Gasteiger partial charge in [-0.25, -0.2) is 4.79 Å². The van der Waals surface area contributed by atoms with E-state index in [4.69, 9.17) is 10.5 Å². The maximum absolute atomic E-state index is 12.6. The van der Waals surface area contributed by atoms with Crippen molar-refractivity contribution in [3.8, 4) is 0 Å². The lowest BCUT2D eigenvalue weighted by Gasteiger charge is -2.26. The molecule has 0 spiro atoms. The fourth-order valence-corrected chi connectivity index (χ4v) is 3.24. The van der Waals surface area contributed by atoms with Crippen LogP contribution >= 0.6 is 0 Å². The van der Waals surface area contributed by atoms with E-state index in [2.05, 4.69) is 5.32 Å². The normalized spacial score (nSPS) is 20.7. The van der Waals surface area contributed by atoms with Gasteiger partial charge in [-0.15, -0.1) is 0 Å². The molecule has 1 saturated carbocycles. The number of hydrogen-bond acceptors (Lipinski definition) is 4. The first-order chi connectivity index (χ1) is 11.6. The molecule has 24 heavy (non-hydrogen) atoms. The summed E-state index contributed by atoms with van der Waals surface area (Å²) in [6.07, 6.45) is 1.34. The third-order valence-electron chi connectivity index (χ3n) is 4.74. The second kappa shape index (κ2) is 5.37. The topological polar surface area (TPSA) is 81.4 Å². The van der Waals surface area contributed by atoms with Crippen LogP contribution in [0.15, 0.2) is 48.5 Å². The summed E-state index contributed by atoms with van der Waals surface area (Å²) in [6.45, 7) is 0. The van der Waals surface area contributed by atoms with Gasteiger partial charge in [-0.3, -0.25) is 4.79 Å². The minimum Gasteiger partial charge on any atom is -0.448 e. The molecule has 122 valence electrons. The van der Waals surface area contributed by atoms with E-state index in [1.807, 2.05) is 36.4 Å². The van der Waals surface area contributed by atoms with E-state index in [0.717, 1.165) is 24.0 Å². The largest absolute Gasteiger partial charge is 0.448 e. The quantitative estimate of drug-likeness (QED) is 0.670. The van der Waals surface area contributed by atoms with Gasteiger partial charge in [0.1, 0.15) is 0 Å². The number of carbonyl (C=O) groups is 2. The highest BCUT2D eigenvalue weighted by Gasteiger charge is 2.47. The maximum Gasteiger partial charge on any atom is 0.339 e. The molecular weight excluding hydrogens is 304 g/mol. The van der Waals surface area contributed by atoms with Crippen molar-refractivity contribution in [2.45, 2.75) is 30.9 Å². The van der Waals surface area contributed by atoms with Crippen molar-refractivity contribution in [2.24, 2.45) is 0 Å². The van der Waals surface area contributed by atoms with Crippen molar-refractivity contribution in [2.75, 3.05) is 5.73 Å². The van der Waals surface area contributed by atoms with E-state index >= 15 is 0 Å². The molecule has 2 aliphatic rings. The number of rotatable bonds is 3. The molecule has 1 aliphatic carbocycles. The lowest BCUT2D eigenvalue weighted by Crippen LogP contribution is -2.46. The van der Waals surface area contributed by atoms with Crippen LogP contribution in [0.4, 0.5) is 5.69 Å². The van der Waals surface area contributed by atoms with Gasteiger partial charge >= 0.3 is 5.97 Å². The lowest BCUT2D eigenvalue weighted by atomic mass is 9.97. The van der Waals surface area contributed by atoms with Crippen molar-refractivity contribution in [1.82, 2.24) is 5.32 Å². The number of fused-ring (bicyclic) bond motifs is 1. The minimum atomic E-state index is -0.786. The average molecular weight is 322 g/mol. The van der Waals surface area contributed by atoms with Gasteiger partial charge in [0.05, 0.1) is 11.1 Å². The van der Waals surface area contributed by atoms with Gasteiger partial charge in [-0.05, 0) is 42.2 Å². The summed E-state index contributed by atoms with van der Waals surface area (Å²) < 4.78 is 5.33. The van der Waals surface area contributed by atoms with Crippen LogP contribution in [0.2, 0.25) is 0 Å². The van der Waals surface area contributed by atoms with Crippen LogP contribution in [-0.2, 0) is 21.5 Å². The van der Waals surface area contributed by atoms with Gasteiger partial charge in [0.25, 0.3) is 5.91 Å². The molecule has 0 aromatic heterocycles. The zero-order valence-corrected chi connectivity index (χ0v) is 13.1. The average Bonchev–Trinajstić information content (AvgIpc) is 3.35. The molecule has 2 aromatic carbocycles. The Hall–Kier alpha value is -2.82. The van der Waals surface area contributed by atoms with Crippen molar-refractivity contribution in [3.05, 3.63) is 65.2 Å². The monoisotopic (exact) mass is 322 g/mol. The predicted molar refractivity (Wildman–Crippen MR) is 89.3 cm³/mol. The Labute approximate surface area is 139 Å². The number of amides is 1. The predicted octanol–water partition coefficient (Wildman–Crippen LogP) is 2.16. The number of cyclic esters (lactones) is 1. The number of carbonyl (C=O) groups excluding carboxylic acids is 2. The molecule has 0 saturated heterocycles. The van der Waals surface area contributed by atoms with Crippen LogP contribution in [-0.4, -0.2) is 18.0 Å². The highest BCUT2D eigenvalue weighted by atomic mass is 16.5. The first-order valence-electron chi connectivity index (χ1n) is 8.04. The zero-order chi connectivity index (χ0) is 16.7. The molecule has 3 N–H and O–H groups in total. The van der Waals surface area contributed by atoms with Gasteiger partial charge < -0.3 is 15.8 Å². The van der Waals surface area contributed by atoms with Crippen LogP contribution in [0.3, 0.4) is 0 Å². The molecule has 1 aliphatic heterocycles. The number of nitrogens with one attached hydrogen (secondary N) is 1. The Kier molecular flexibility index (Phi) is 3.30. The lowest BCUT2D eigenvalue weighted by molar-refractivity contribution is -0.131. The van der Waals surface area contributed by atoms with Gasteiger partial charge in [0.2, 0.25) is 0 Å². The Morgan fingerprint density at radius 3 is 2.71 bits per heavy atom. The van der Waals surface area contributed by atoms with Gasteiger partial charge in [0.15, 0.2) is 6.10 Å². The first-order valence-corrected chi connectivity index (χ1v) is 8.04. The Balaban J connectivity index is 1.52. The van der Waals surface area contributed by atoms with E-state index in [1.54, 1.807) is 12.1 Å². The molecule has 1 heterocycles. The van der Waals surface area contributed by atoms with Gasteiger partial charge in [-0.2, -0.15) is 0 Å². The first kappa shape index (κ1) is 14.8. The highest BCUT2D eigenvalue weighted by Crippen LogP contribution is 2.46. The zero-order valence-electron chi connectivity index (χ0n) is 13.1. The Morgan fingerprint density at radius 2 is 1.96 bits per heavy atom. The molecule has 4 rings (SSSR count). The molecular formula is C19H18N2O3. The number of esters is 1. The third kappa shape index (κ3) is 2.52. The van der Waals surface area contributed by atoms with Gasteiger partial charge in [-0.1, -0.05) is 30.3 Å². The standard InChI is InChI=1S/C19H18N2O3/c20-14-6-3-5-13(11-14)19(8-9-19)21-17(22)16-10-12-4-1-2-7-15(12)18(23)24-16/h1-7,11,16H,8-10,20H2,(H,21,22). The van der Waals surface area contributed by atoms with E-state index in [1.165, 1.54) is 0 Å². The number of nitrogens with two attached hydrogens (primary N) is 1. The van der Waals surface area contributed by atoms with Crippen LogP contribution in [0.5, 0.6) is 0 Å². The second-order valence-electron chi connectivity index (χ2n) is 6.45. The number of benzene rings is 2. The van der Waals surface area contributed by atoms with Crippen molar-refractivity contribution in [3.63, 3.8) is 0 Å². The van der Waals surface area contributed by atoms with E-state index in [0.29, 0.717) is 17.7 Å². The van der Waals surface area contributed by atoms with Crippen LogP contribution in [0.25, 0.3) is 0 Å². The van der Waals surface area contributed by atoms with Crippen LogP contribution < -0.4 is 11.1 Å². The molecule has 1 unspecified atom stereocenters. The number of nitrogen functional groups attached to an aromatic ring is 1. The van der Waals surface area contributed by atoms with Crippen molar-refractivity contribution < 1.29 is 14.3 Å². The smallest absolute Gasteiger partial charge is 0.339 e. The fraction of sp³-hybridized carbons (Fsp3) is 0.263. The fourth-order valence-electron chi connectivity index (χ4n) is 3.24. The molecule has 1 atom stereocenters. The summed E-state index contributed by atoms with van der Waals surface area (Å²) in [5.41, 5.74) is 8.53. The third-order valence-corrected chi connectivity index (χ3v) is 4.74. The van der Waals surface area contributed by atoms with E-state index in [9.17, 15) is 9.59 Å². The summed E-state index contributed by atoms with van der Waals surface area (Å²) in [6, 6.07) is 14.8. The number of ether oxygens (including phenoxy) is 1. The number of anilines is 1. The Morgan fingerprint density at radius 1 is 1.17 bits per heavy atom. The maximum atomic E-state index is 12.6. The molecule has 0 radical (unpaired) electrons. The molecule has 5 nitrogen and oxygen atoms in total. The van der Waals surface area contributed by atoms with E-state index < -0.39 is 12.1 Å². The second-order valence-corrected chi connectivity index (χ2v) is 6.45. The summed E-state index contributed by atoms with van der Waals surface area (Å²) in [7, 11) is 0. The van der Waals surface area contributed by atoms with Gasteiger partial charge in [0, 0.05) is 12.1 Å². The van der Waals surface area contributed by atoms with Crippen LogP contribution in [0, 0.1) is 0 Å². The SMILES string of the molecule is Nc1cccc(C2(NC(=O)C3Cc4ccccc4C(=O)O3)CC2)c1. The van der Waals surface area contributed by atoms with Crippen molar-refractivity contribution in [1.29, 1.82) is 0 Å². The molecule has 0 bridgehead atoms. The summed E-state index contributed by atoms with van der Waals surface area (Å²) in [5.74, 6) is -0.691. The molecule has 5 heteroatoms. The summed E-state index contributed by atoms with van der Waals surface area (Å²) >= 11 is 0. The highest BCUT2D eigenvalue weighted by molar-refractivity contribution is 5.96. The minimum absolute atomic E-state index is 0.252. The van der Waals surface area contributed by atoms with Crippen molar-refractivity contribution >= 4 is 17.6 Å². The molecule has 1 fully saturated rings.